The normalized spacial score (nSPS) is 11.3. The quantitative estimate of drug-likeness (QED) is 0.487. The third-order valence-electron chi connectivity index (χ3n) is 2.90. The van der Waals surface area contributed by atoms with Crippen LogP contribution in [0.25, 0.3) is 30.4 Å². The molecule has 0 spiro atoms. The third kappa shape index (κ3) is 1.57. The first kappa shape index (κ1) is 10.6. The summed E-state index contributed by atoms with van der Waals surface area (Å²) in [6, 6.07) is 10.8. The van der Waals surface area contributed by atoms with Gasteiger partial charge in [-0.05, 0) is 29.0 Å². The second-order valence-corrected chi connectivity index (χ2v) is 6.96. The van der Waals surface area contributed by atoms with Crippen LogP contribution in [0.4, 0.5) is 0 Å². The molecule has 0 radical (unpaired) electrons. The predicted octanol–water partition coefficient (Wildman–Crippen LogP) is 5.69. The van der Waals surface area contributed by atoms with Crippen molar-refractivity contribution in [1.29, 1.82) is 0 Å². The Bertz CT molecular complexity index is 772. The molecule has 0 saturated carbocycles. The van der Waals surface area contributed by atoms with E-state index in [1.807, 2.05) is 11.3 Å². The molecule has 0 unspecified atom stereocenters. The molecule has 1 N–H and O–H groups in total. The lowest BCUT2D eigenvalue weighted by atomic mass is 10.2. The van der Waals surface area contributed by atoms with Gasteiger partial charge >= 0.3 is 0 Å². The van der Waals surface area contributed by atoms with Crippen LogP contribution in [0.3, 0.4) is 0 Å². The molecule has 4 rings (SSSR count). The number of aromatic nitrogens is 1. The zero-order valence-corrected chi connectivity index (χ0v) is 11.8. The van der Waals surface area contributed by atoms with Gasteiger partial charge in [-0.2, -0.15) is 0 Å². The summed E-state index contributed by atoms with van der Waals surface area (Å²) in [6.07, 6.45) is 2.12. The Morgan fingerprint density at radius 2 is 1.67 bits per heavy atom. The Hall–Kier alpha value is -1.36. The van der Waals surface area contributed by atoms with Crippen LogP contribution in [0, 0.1) is 0 Å². The minimum atomic E-state index is 1.24. The Labute approximate surface area is 116 Å². The molecule has 4 heterocycles. The first-order valence-corrected chi connectivity index (χ1v) is 8.18. The van der Waals surface area contributed by atoms with Gasteiger partial charge in [-0.1, -0.05) is 12.1 Å². The van der Waals surface area contributed by atoms with Crippen LogP contribution in [-0.4, -0.2) is 4.98 Å². The van der Waals surface area contributed by atoms with Crippen molar-refractivity contribution < 1.29 is 0 Å². The van der Waals surface area contributed by atoms with Crippen LogP contribution in [0.15, 0.2) is 47.3 Å². The Kier molecular flexibility index (Phi) is 2.40. The fraction of sp³-hybridized carbons (Fsp3) is 0. The van der Waals surface area contributed by atoms with Gasteiger partial charge in [0.1, 0.15) is 0 Å². The van der Waals surface area contributed by atoms with E-state index < -0.39 is 0 Å². The van der Waals surface area contributed by atoms with Gasteiger partial charge < -0.3 is 4.98 Å². The summed E-state index contributed by atoms with van der Waals surface area (Å²) < 4.78 is 1.36. The first-order chi connectivity index (χ1) is 8.92. The number of fused-ring (bicyclic) bond motifs is 1. The number of rotatable bonds is 2. The molecule has 4 aromatic rings. The highest BCUT2D eigenvalue weighted by molar-refractivity contribution is 7.26. The zero-order valence-electron chi connectivity index (χ0n) is 9.34. The van der Waals surface area contributed by atoms with Crippen LogP contribution < -0.4 is 0 Å². The standard InChI is InChI=1S/C14H9NS3/c1-3-11(16-5-1)9-8-15-10-7-13(18-14(9)10)12-4-2-6-17-12/h1-8,15H. The van der Waals surface area contributed by atoms with Crippen LogP contribution in [0.5, 0.6) is 0 Å². The van der Waals surface area contributed by atoms with E-state index in [1.54, 1.807) is 22.7 Å². The van der Waals surface area contributed by atoms with E-state index in [1.165, 1.54) is 30.4 Å². The molecule has 0 atom stereocenters. The van der Waals surface area contributed by atoms with E-state index in [-0.39, 0.29) is 0 Å². The number of hydrogen-bond donors (Lipinski definition) is 1. The Morgan fingerprint density at radius 1 is 0.889 bits per heavy atom. The lowest BCUT2D eigenvalue weighted by Crippen LogP contribution is -1.63. The first-order valence-electron chi connectivity index (χ1n) is 5.60. The lowest BCUT2D eigenvalue weighted by Gasteiger charge is -1.91. The summed E-state index contributed by atoms with van der Waals surface area (Å²) in [5.74, 6) is 0. The topological polar surface area (TPSA) is 15.8 Å². The van der Waals surface area contributed by atoms with Crippen LogP contribution in [0.1, 0.15) is 0 Å². The molecular weight excluding hydrogens is 278 g/mol. The number of hydrogen-bond acceptors (Lipinski definition) is 3. The number of aromatic amines is 1. The molecular formula is C14H9NS3. The van der Waals surface area contributed by atoms with Gasteiger partial charge in [-0.25, -0.2) is 0 Å². The summed E-state index contributed by atoms with van der Waals surface area (Å²) in [4.78, 5) is 7.41. The largest absolute Gasteiger partial charge is 0.360 e. The maximum Gasteiger partial charge on any atom is 0.0613 e. The van der Waals surface area contributed by atoms with E-state index in [2.05, 4.69) is 52.3 Å². The second kappa shape index (κ2) is 4.09. The summed E-state index contributed by atoms with van der Waals surface area (Å²) in [7, 11) is 0. The second-order valence-electron chi connectivity index (χ2n) is 4.01. The van der Waals surface area contributed by atoms with Crippen LogP contribution in [0.2, 0.25) is 0 Å². The molecule has 0 fully saturated rings. The maximum atomic E-state index is 3.38. The summed E-state index contributed by atoms with van der Waals surface area (Å²) in [5, 5.41) is 4.26. The smallest absolute Gasteiger partial charge is 0.0613 e. The van der Waals surface area contributed by atoms with E-state index in [9.17, 15) is 0 Å². The average Bonchev–Trinajstić information content (AvgIpc) is 3.13. The molecule has 0 saturated heterocycles. The van der Waals surface area contributed by atoms with E-state index in [0.29, 0.717) is 0 Å². The van der Waals surface area contributed by atoms with E-state index in [0.717, 1.165) is 0 Å². The highest BCUT2D eigenvalue weighted by Gasteiger charge is 2.12. The molecule has 0 amide bonds. The van der Waals surface area contributed by atoms with Gasteiger partial charge in [0.25, 0.3) is 0 Å². The van der Waals surface area contributed by atoms with Gasteiger partial charge in [0.15, 0.2) is 0 Å². The molecule has 0 bridgehead atoms. The van der Waals surface area contributed by atoms with Crippen LogP contribution in [-0.2, 0) is 0 Å². The summed E-state index contributed by atoms with van der Waals surface area (Å²) in [5.41, 5.74) is 2.57. The van der Waals surface area contributed by atoms with Crippen molar-refractivity contribution in [2.75, 3.05) is 0 Å². The van der Waals surface area contributed by atoms with Gasteiger partial charge in [0.05, 0.1) is 10.2 Å². The monoisotopic (exact) mass is 287 g/mol. The van der Waals surface area contributed by atoms with Gasteiger partial charge in [-0.15, -0.1) is 34.0 Å². The molecule has 1 nitrogen and oxygen atoms in total. The fourth-order valence-electron chi connectivity index (χ4n) is 2.07. The highest BCUT2D eigenvalue weighted by atomic mass is 32.1. The van der Waals surface area contributed by atoms with Gasteiger partial charge in [-0.3, -0.25) is 0 Å². The van der Waals surface area contributed by atoms with E-state index >= 15 is 0 Å². The molecule has 0 aromatic carbocycles. The maximum absolute atomic E-state index is 3.38. The zero-order chi connectivity index (χ0) is 11.9. The van der Waals surface area contributed by atoms with Gasteiger partial charge in [0, 0.05) is 26.4 Å². The minimum Gasteiger partial charge on any atom is -0.360 e. The van der Waals surface area contributed by atoms with Crippen molar-refractivity contribution in [3.8, 4) is 20.2 Å². The SMILES string of the molecule is c1csc(-c2cc3[nH]cc(-c4cccs4)c3s2)c1. The summed E-state index contributed by atoms with van der Waals surface area (Å²) in [6.45, 7) is 0. The highest BCUT2D eigenvalue weighted by Crippen LogP contribution is 2.41. The van der Waals surface area contributed by atoms with Crippen molar-refractivity contribution in [2.45, 2.75) is 0 Å². The van der Waals surface area contributed by atoms with Crippen molar-refractivity contribution in [3.05, 3.63) is 47.3 Å². The molecule has 0 aliphatic heterocycles. The number of H-pyrrole nitrogens is 1. The number of thiophene rings is 3. The van der Waals surface area contributed by atoms with Crippen molar-refractivity contribution in [3.63, 3.8) is 0 Å². The Balaban J connectivity index is 1.92. The lowest BCUT2D eigenvalue weighted by molar-refractivity contribution is 1.48. The molecule has 18 heavy (non-hydrogen) atoms. The third-order valence-corrected chi connectivity index (χ3v) is 6.04. The van der Waals surface area contributed by atoms with Crippen LogP contribution >= 0.6 is 34.0 Å². The molecule has 88 valence electrons. The van der Waals surface area contributed by atoms with Gasteiger partial charge in [0.2, 0.25) is 0 Å². The van der Waals surface area contributed by atoms with Crippen molar-refractivity contribution in [2.24, 2.45) is 0 Å². The number of nitrogens with one attached hydrogen (secondary N) is 1. The summed E-state index contributed by atoms with van der Waals surface area (Å²) >= 11 is 5.46. The van der Waals surface area contributed by atoms with E-state index in [4.69, 9.17) is 0 Å². The fourth-order valence-corrected chi connectivity index (χ4v) is 4.86. The predicted molar refractivity (Wildman–Crippen MR) is 82.8 cm³/mol. The minimum absolute atomic E-state index is 1.24. The molecule has 0 aliphatic carbocycles. The Morgan fingerprint density at radius 3 is 2.39 bits per heavy atom. The molecule has 4 heteroatoms. The molecule has 4 aromatic heterocycles. The molecule has 0 aliphatic rings. The van der Waals surface area contributed by atoms with Crippen molar-refractivity contribution in [1.82, 2.24) is 4.98 Å². The average molecular weight is 287 g/mol. The van der Waals surface area contributed by atoms with Crippen molar-refractivity contribution >= 4 is 44.2 Å².